The Balaban J connectivity index is 2.95. The van der Waals surface area contributed by atoms with Crippen LogP contribution >= 0.6 is 15.9 Å². The molecule has 0 atom stereocenters. The Morgan fingerprint density at radius 1 is 1.54 bits per heavy atom. The third-order valence-corrected chi connectivity index (χ3v) is 2.07. The van der Waals surface area contributed by atoms with E-state index in [1.807, 2.05) is 5.10 Å². The topological polar surface area (TPSA) is 72.7 Å². The van der Waals surface area contributed by atoms with E-state index in [0.29, 0.717) is 15.9 Å². The average molecular weight is 242 g/mol. The minimum atomic E-state index is -0.648. The number of hydrogen-bond acceptors (Lipinski definition) is 3. The number of rotatable bonds is 0. The fourth-order valence-corrected chi connectivity index (χ4v) is 1.38. The van der Waals surface area contributed by atoms with E-state index in [2.05, 4.69) is 20.9 Å². The molecule has 66 valence electrons. The van der Waals surface area contributed by atoms with Crippen LogP contribution in [0.5, 0.6) is 0 Å². The Morgan fingerprint density at radius 2 is 2.31 bits per heavy atom. The van der Waals surface area contributed by atoms with Crippen LogP contribution in [-0.2, 0) is 0 Å². The lowest BCUT2D eigenvalue weighted by molar-refractivity contribution is -0.644. The van der Waals surface area contributed by atoms with Crippen LogP contribution in [0.15, 0.2) is 27.5 Å². The van der Waals surface area contributed by atoms with Crippen LogP contribution in [0.1, 0.15) is 0 Å². The van der Waals surface area contributed by atoms with Crippen molar-refractivity contribution in [2.45, 2.75) is 0 Å². The summed E-state index contributed by atoms with van der Waals surface area (Å²) in [5, 5.41) is 13.2. The van der Waals surface area contributed by atoms with Gasteiger partial charge in [-0.05, 0) is 12.1 Å². The van der Waals surface area contributed by atoms with E-state index in [1.54, 1.807) is 18.2 Å². The summed E-state index contributed by atoms with van der Waals surface area (Å²) in [6.45, 7) is 0. The Hall–Kier alpha value is -1.43. The molecule has 0 saturated carbocycles. The molecular weight excluding hydrogens is 238 g/mol. The quantitative estimate of drug-likeness (QED) is 0.534. The molecule has 0 saturated heterocycles. The fourth-order valence-electron chi connectivity index (χ4n) is 1.04. The predicted octanol–water partition coefficient (Wildman–Crippen LogP) is 0.319. The largest absolute Gasteiger partial charge is 0.595 e. The lowest BCUT2D eigenvalue weighted by atomic mass is 10.3. The van der Waals surface area contributed by atoms with E-state index >= 15 is 0 Å². The van der Waals surface area contributed by atoms with Crippen LogP contribution < -0.4 is 10.5 Å². The SMILES string of the molecule is O=c1nc2ccc(Br)cc2[n+]([O-])[nH]1. The van der Waals surface area contributed by atoms with Gasteiger partial charge in [-0.15, -0.1) is 0 Å². The molecule has 0 spiro atoms. The molecule has 1 aromatic heterocycles. The number of nitrogens with one attached hydrogen (secondary N) is 1. The molecule has 2 aromatic rings. The van der Waals surface area contributed by atoms with E-state index in [4.69, 9.17) is 0 Å². The maximum atomic E-state index is 11.2. The molecule has 0 aliphatic heterocycles. The minimum Gasteiger partial charge on any atom is -0.595 e. The highest BCUT2D eigenvalue weighted by atomic mass is 79.9. The van der Waals surface area contributed by atoms with Gasteiger partial charge in [0.25, 0.3) is 5.52 Å². The maximum Gasteiger partial charge on any atom is 0.395 e. The summed E-state index contributed by atoms with van der Waals surface area (Å²) in [5.41, 5.74) is 0.0562. The van der Waals surface area contributed by atoms with Gasteiger partial charge in [-0.25, -0.2) is 4.79 Å². The number of halogens is 1. The standard InChI is InChI=1S/C7H4BrN3O2/c8-4-1-2-5-6(3-4)11(13)10-7(12)9-5/h1-3H,(H,9,10,12). The van der Waals surface area contributed by atoms with Crippen molar-refractivity contribution >= 4 is 27.0 Å². The summed E-state index contributed by atoms with van der Waals surface area (Å²) in [5.74, 6) is 0. The van der Waals surface area contributed by atoms with Crippen molar-refractivity contribution in [2.75, 3.05) is 0 Å². The van der Waals surface area contributed by atoms with Gasteiger partial charge in [0.15, 0.2) is 0 Å². The van der Waals surface area contributed by atoms with E-state index < -0.39 is 5.69 Å². The highest BCUT2D eigenvalue weighted by Crippen LogP contribution is 2.13. The number of hydrogen-bond donors (Lipinski definition) is 1. The van der Waals surface area contributed by atoms with Crippen LogP contribution in [0.4, 0.5) is 0 Å². The van der Waals surface area contributed by atoms with Gasteiger partial charge in [0, 0.05) is 10.5 Å². The monoisotopic (exact) mass is 241 g/mol. The molecule has 1 aromatic carbocycles. The molecule has 0 unspecified atom stereocenters. The Kier molecular flexibility index (Phi) is 1.77. The molecule has 0 bridgehead atoms. The van der Waals surface area contributed by atoms with Gasteiger partial charge >= 0.3 is 5.69 Å². The van der Waals surface area contributed by atoms with Crippen molar-refractivity contribution in [3.8, 4) is 0 Å². The number of nitrogens with zero attached hydrogens (tertiary/aromatic N) is 2. The summed E-state index contributed by atoms with van der Waals surface area (Å²) in [4.78, 5) is 14.8. The van der Waals surface area contributed by atoms with Crippen LogP contribution in [0.3, 0.4) is 0 Å². The lowest BCUT2D eigenvalue weighted by Gasteiger charge is -1.98. The first kappa shape index (κ1) is 8.18. The Bertz CT molecular complexity index is 523. The first-order chi connectivity index (χ1) is 6.16. The van der Waals surface area contributed by atoms with Crippen LogP contribution in [0.25, 0.3) is 11.0 Å². The normalized spacial score (nSPS) is 10.5. The summed E-state index contributed by atoms with van der Waals surface area (Å²) in [7, 11) is 0. The van der Waals surface area contributed by atoms with Gasteiger partial charge in [-0.2, -0.15) is 4.98 Å². The molecule has 6 heteroatoms. The van der Waals surface area contributed by atoms with E-state index in [1.165, 1.54) is 0 Å². The van der Waals surface area contributed by atoms with Crippen LogP contribution in [-0.4, -0.2) is 10.1 Å². The van der Waals surface area contributed by atoms with Gasteiger partial charge < -0.3 is 5.21 Å². The van der Waals surface area contributed by atoms with E-state index in [-0.39, 0.29) is 0 Å². The summed E-state index contributed by atoms with van der Waals surface area (Å²) in [6.07, 6.45) is 0. The number of H-pyrrole nitrogens is 1. The molecule has 2 rings (SSSR count). The molecule has 1 heterocycles. The molecule has 1 N–H and O–H groups in total. The van der Waals surface area contributed by atoms with Gasteiger partial charge in [0.2, 0.25) is 0 Å². The summed E-state index contributed by atoms with van der Waals surface area (Å²) in [6, 6.07) is 4.91. The van der Waals surface area contributed by atoms with Crippen molar-refractivity contribution in [1.82, 2.24) is 10.1 Å². The number of benzene rings is 1. The van der Waals surface area contributed by atoms with Crippen molar-refractivity contribution in [2.24, 2.45) is 0 Å². The van der Waals surface area contributed by atoms with Crippen LogP contribution in [0.2, 0.25) is 0 Å². The Labute approximate surface area is 80.7 Å². The molecule has 0 fully saturated rings. The number of aromatic nitrogens is 3. The molecular formula is C7H4BrN3O2. The van der Waals surface area contributed by atoms with Crippen molar-refractivity contribution in [3.63, 3.8) is 0 Å². The highest BCUT2D eigenvalue weighted by molar-refractivity contribution is 9.10. The first-order valence-electron chi connectivity index (χ1n) is 3.46. The first-order valence-corrected chi connectivity index (χ1v) is 4.25. The van der Waals surface area contributed by atoms with Gasteiger partial charge in [-0.1, -0.05) is 25.9 Å². The Morgan fingerprint density at radius 3 is 3.08 bits per heavy atom. The van der Waals surface area contributed by atoms with Crippen molar-refractivity contribution < 1.29 is 4.85 Å². The number of fused-ring (bicyclic) bond motifs is 1. The zero-order chi connectivity index (χ0) is 9.42. The minimum absolute atomic E-state index is 0.328. The van der Waals surface area contributed by atoms with Crippen LogP contribution in [0, 0.1) is 5.21 Å². The van der Waals surface area contributed by atoms with Crippen molar-refractivity contribution in [3.05, 3.63) is 38.4 Å². The van der Waals surface area contributed by atoms with Gasteiger partial charge in [0.05, 0.1) is 0 Å². The third-order valence-electron chi connectivity index (χ3n) is 1.58. The zero-order valence-corrected chi connectivity index (χ0v) is 7.91. The average Bonchev–Trinajstić information content (AvgIpc) is 2.06. The molecule has 13 heavy (non-hydrogen) atoms. The predicted molar refractivity (Wildman–Crippen MR) is 49.0 cm³/mol. The van der Waals surface area contributed by atoms with Gasteiger partial charge in [0.1, 0.15) is 5.52 Å². The van der Waals surface area contributed by atoms with Crippen molar-refractivity contribution in [1.29, 1.82) is 0 Å². The molecule has 0 amide bonds. The van der Waals surface area contributed by atoms with Gasteiger partial charge in [-0.3, -0.25) is 0 Å². The highest BCUT2D eigenvalue weighted by Gasteiger charge is 2.06. The summed E-state index contributed by atoms with van der Waals surface area (Å²) >= 11 is 3.21. The second-order valence-electron chi connectivity index (χ2n) is 2.46. The second-order valence-corrected chi connectivity index (χ2v) is 3.37. The maximum absolute atomic E-state index is 11.2. The molecule has 0 radical (unpaired) electrons. The molecule has 5 nitrogen and oxygen atoms in total. The summed E-state index contributed by atoms with van der Waals surface area (Å²) < 4.78 is 0.762. The zero-order valence-electron chi connectivity index (χ0n) is 6.32. The lowest BCUT2D eigenvalue weighted by Crippen LogP contribution is -2.39. The van der Waals surface area contributed by atoms with E-state index in [9.17, 15) is 10.0 Å². The molecule has 0 aliphatic carbocycles. The second kappa shape index (κ2) is 2.81. The van der Waals surface area contributed by atoms with E-state index in [0.717, 1.165) is 4.47 Å². The number of aromatic amines is 1. The fraction of sp³-hybridized carbons (Fsp3) is 0. The third kappa shape index (κ3) is 1.40. The molecule has 0 aliphatic rings. The smallest absolute Gasteiger partial charge is 0.395 e.